The number of ether oxygens (including phenoxy) is 2. The number of hydrogen-bond acceptors (Lipinski definition) is 4. The summed E-state index contributed by atoms with van der Waals surface area (Å²) in [6, 6.07) is 10.8. The van der Waals surface area contributed by atoms with Gasteiger partial charge in [-0.3, -0.25) is 9.89 Å². The summed E-state index contributed by atoms with van der Waals surface area (Å²) in [6.45, 7) is 9.05. The van der Waals surface area contributed by atoms with E-state index in [9.17, 15) is 0 Å². The highest BCUT2D eigenvalue weighted by Gasteiger charge is 2.42. The predicted octanol–water partition coefficient (Wildman–Crippen LogP) is 2.75. The maximum atomic E-state index is 6.16. The van der Waals surface area contributed by atoms with Crippen LogP contribution in [0.4, 0.5) is 0 Å². The fraction of sp³-hybridized carbons (Fsp3) is 0.708. The molecule has 1 aromatic carbocycles. The number of rotatable bonds is 7. The second-order valence-electron chi connectivity index (χ2n) is 9.13. The maximum Gasteiger partial charge on any atom is 0.193 e. The molecule has 1 atom stereocenters. The largest absolute Gasteiger partial charge is 0.381 e. The number of nitrogens with one attached hydrogen (secondary N) is 1. The molecule has 1 aromatic rings. The molecule has 0 bridgehead atoms. The monoisotopic (exact) mass is 414 g/mol. The van der Waals surface area contributed by atoms with Crippen LogP contribution in [-0.2, 0) is 16.0 Å². The van der Waals surface area contributed by atoms with E-state index in [2.05, 4.69) is 50.4 Å². The van der Waals surface area contributed by atoms with E-state index >= 15 is 0 Å². The number of nitrogens with zero attached hydrogens (tertiary/aromatic N) is 3. The smallest absolute Gasteiger partial charge is 0.193 e. The highest BCUT2D eigenvalue weighted by atomic mass is 16.5. The molecule has 0 aliphatic carbocycles. The first kappa shape index (κ1) is 21.6. The highest BCUT2D eigenvalue weighted by Crippen LogP contribution is 2.38. The normalized spacial score (nSPS) is 26.0. The first-order chi connectivity index (χ1) is 14.8. The van der Waals surface area contributed by atoms with E-state index < -0.39 is 0 Å². The Morgan fingerprint density at radius 3 is 2.77 bits per heavy atom. The van der Waals surface area contributed by atoms with Crippen molar-refractivity contribution in [3.8, 4) is 0 Å². The Morgan fingerprint density at radius 2 is 2.03 bits per heavy atom. The molecule has 0 radical (unpaired) electrons. The van der Waals surface area contributed by atoms with Crippen LogP contribution in [0.2, 0.25) is 0 Å². The number of guanidine groups is 1. The van der Waals surface area contributed by atoms with E-state index in [0.29, 0.717) is 11.5 Å². The summed E-state index contributed by atoms with van der Waals surface area (Å²) in [6.07, 6.45) is 6.13. The molecule has 1 N–H and O–H groups in total. The van der Waals surface area contributed by atoms with E-state index in [-0.39, 0.29) is 0 Å². The molecule has 30 heavy (non-hydrogen) atoms. The molecule has 3 aliphatic heterocycles. The van der Waals surface area contributed by atoms with Crippen molar-refractivity contribution in [1.82, 2.24) is 15.1 Å². The summed E-state index contributed by atoms with van der Waals surface area (Å²) in [5.74, 6) is 1.04. The average molecular weight is 415 g/mol. The zero-order chi connectivity index (χ0) is 20.7. The molecule has 3 saturated heterocycles. The topological polar surface area (TPSA) is 49.3 Å². The van der Waals surface area contributed by atoms with Crippen LogP contribution in [-0.4, -0.2) is 81.5 Å². The van der Waals surface area contributed by atoms with E-state index in [1.165, 1.54) is 18.4 Å². The molecule has 0 amide bonds. The number of likely N-dealkylation sites (tertiary alicyclic amines) is 2. The minimum atomic E-state index is 0.371. The summed E-state index contributed by atoms with van der Waals surface area (Å²) >= 11 is 0. The summed E-state index contributed by atoms with van der Waals surface area (Å²) in [7, 11) is 1.89. The molecular weight excluding hydrogens is 376 g/mol. The van der Waals surface area contributed by atoms with Crippen LogP contribution in [0.25, 0.3) is 0 Å². The van der Waals surface area contributed by atoms with Gasteiger partial charge >= 0.3 is 0 Å². The van der Waals surface area contributed by atoms with Gasteiger partial charge in [0.25, 0.3) is 0 Å². The standard InChI is InChI=1S/C24H38N4O2/c1-25-23(28-15-10-24(19-28)11-17-29-20-24)26-12-5-16-30-22-8-13-27(14-9-22)18-21-6-3-2-4-7-21/h2-4,6-7,22H,5,8-20H2,1H3,(H,25,26). The van der Waals surface area contributed by atoms with Gasteiger partial charge in [-0.15, -0.1) is 0 Å². The lowest BCUT2D eigenvalue weighted by Crippen LogP contribution is -2.42. The summed E-state index contributed by atoms with van der Waals surface area (Å²) in [5, 5.41) is 3.54. The van der Waals surface area contributed by atoms with Gasteiger partial charge in [0, 0.05) is 64.9 Å². The van der Waals surface area contributed by atoms with Crippen molar-refractivity contribution in [1.29, 1.82) is 0 Å². The van der Waals surface area contributed by atoms with Gasteiger partial charge in [0.15, 0.2) is 5.96 Å². The van der Waals surface area contributed by atoms with E-state index in [1.807, 2.05) is 7.05 Å². The Bertz CT molecular complexity index is 667. The minimum absolute atomic E-state index is 0.371. The first-order valence-corrected chi connectivity index (χ1v) is 11.7. The van der Waals surface area contributed by atoms with Crippen LogP contribution in [0.15, 0.2) is 35.3 Å². The van der Waals surface area contributed by atoms with Crippen LogP contribution in [0, 0.1) is 5.41 Å². The Balaban J connectivity index is 1.08. The third-order valence-electron chi connectivity index (χ3n) is 6.88. The van der Waals surface area contributed by atoms with Crippen LogP contribution in [0.1, 0.15) is 37.7 Å². The van der Waals surface area contributed by atoms with Gasteiger partial charge in [-0.25, -0.2) is 0 Å². The van der Waals surface area contributed by atoms with Crippen LogP contribution >= 0.6 is 0 Å². The molecular formula is C24H38N4O2. The SMILES string of the molecule is CN=C(NCCCOC1CCN(Cc2ccccc2)CC1)N1CCC2(CCOC2)C1. The highest BCUT2D eigenvalue weighted by molar-refractivity contribution is 5.80. The zero-order valence-electron chi connectivity index (χ0n) is 18.5. The van der Waals surface area contributed by atoms with Crippen molar-refractivity contribution in [2.24, 2.45) is 10.4 Å². The molecule has 6 heteroatoms. The average Bonchev–Trinajstić information content (AvgIpc) is 3.42. The van der Waals surface area contributed by atoms with Gasteiger partial charge < -0.3 is 19.7 Å². The first-order valence-electron chi connectivity index (χ1n) is 11.7. The van der Waals surface area contributed by atoms with Crippen molar-refractivity contribution >= 4 is 5.96 Å². The molecule has 3 heterocycles. The van der Waals surface area contributed by atoms with Gasteiger partial charge in [-0.2, -0.15) is 0 Å². The van der Waals surface area contributed by atoms with Crippen molar-refractivity contribution < 1.29 is 9.47 Å². The molecule has 1 unspecified atom stereocenters. The Morgan fingerprint density at radius 1 is 1.20 bits per heavy atom. The molecule has 4 rings (SSSR count). The summed E-state index contributed by atoms with van der Waals surface area (Å²) in [4.78, 5) is 9.44. The van der Waals surface area contributed by atoms with Gasteiger partial charge in [0.05, 0.1) is 12.7 Å². The molecule has 0 saturated carbocycles. The van der Waals surface area contributed by atoms with Gasteiger partial charge in [0.1, 0.15) is 0 Å². The van der Waals surface area contributed by atoms with E-state index in [0.717, 1.165) is 84.3 Å². The quantitative estimate of drug-likeness (QED) is 0.422. The van der Waals surface area contributed by atoms with Crippen molar-refractivity contribution in [3.05, 3.63) is 35.9 Å². The third kappa shape index (κ3) is 5.74. The Hall–Kier alpha value is -1.63. The molecule has 3 aliphatic rings. The molecule has 0 aromatic heterocycles. The lowest BCUT2D eigenvalue weighted by molar-refractivity contribution is 0.00531. The van der Waals surface area contributed by atoms with E-state index in [1.54, 1.807) is 0 Å². The van der Waals surface area contributed by atoms with Gasteiger partial charge in [-0.05, 0) is 37.7 Å². The molecule has 1 spiro atoms. The van der Waals surface area contributed by atoms with Crippen LogP contribution < -0.4 is 5.32 Å². The molecule has 6 nitrogen and oxygen atoms in total. The third-order valence-corrected chi connectivity index (χ3v) is 6.88. The minimum Gasteiger partial charge on any atom is -0.381 e. The number of aliphatic imine (C=N–C) groups is 1. The zero-order valence-corrected chi connectivity index (χ0v) is 18.5. The molecule has 166 valence electrons. The maximum absolute atomic E-state index is 6.16. The Labute approximate surface area is 181 Å². The predicted molar refractivity (Wildman–Crippen MR) is 121 cm³/mol. The number of hydrogen-bond donors (Lipinski definition) is 1. The van der Waals surface area contributed by atoms with Crippen molar-refractivity contribution in [3.63, 3.8) is 0 Å². The lowest BCUT2D eigenvalue weighted by Gasteiger charge is -2.32. The van der Waals surface area contributed by atoms with Crippen LogP contribution in [0.3, 0.4) is 0 Å². The van der Waals surface area contributed by atoms with Gasteiger partial charge in [0.2, 0.25) is 0 Å². The van der Waals surface area contributed by atoms with Crippen molar-refractivity contribution in [2.75, 3.05) is 59.6 Å². The summed E-state index contributed by atoms with van der Waals surface area (Å²) in [5.41, 5.74) is 1.77. The fourth-order valence-corrected chi connectivity index (χ4v) is 5.02. The lowest BCUT2D eigenvalue weighted by atomic mass is 9.87. The summed E-state index contributed by atoms with van der Waals surface area (Å²) < 4.78 is 11.8. The van der Waals surface area contributed by atoms with Crippen molar-refractivity contribution in [2.45, 2.75) is 44.8 Å². The van der Waals surface area contributed by atoms with Gasteiger partial charge in [-0.1, -0.05) is 30.3 Å². The second-order valence-corrected chi connectivity index (χ2v) is 9.13. The fourth-order valence-electron chi connectivity index (χ4n) is 5.02. The second kappa shape index (κ2) is 10.6. The molecule has 3 fully saturated rings. The van der Waals surface area contributed by atoms with Crippen LogP contribution in [0.5, 0.6) is 0 Å². The Kier molecular flexibility index (Phi) is 7.63. The van der Waals surface area contributed by atoms with E-state index in [4.69, 9.17) is 9.47 Å². The number of piperidine rings is 1. The number of benzene rings is 1.